The van der Waals surface area contributed by atoms with E-state index in [9.17, 15) is 43.2 Å². The molecule has 0 saturated heterocycles. The Labute approximate surface area is 479 Å². The van der Waals surface area contributed by atoms with Crippen molar-refractivity contribution in [2.24, 2.45) is 23.7 Å². The molecule has 7 atom stereocenters. The molecule has 0 fully saturated rings. The van der Waals surface area contributed by atoms with E-state index >= 15 is 0 Å². The van der Waals surface area contributed by atoms with Gasteiger partial charge in [0.1, 0.15) is 19.3 Å². The van der Waals surface area contributed by atoms with Gasteiger partial charge in [-0.05, 0) is 49.4 Å². The van der Waals surface area contributed by atoms with E-state index in [2.05, 4.69) is 55.4 Å². The Hall–Kier alpha value is -1.94. The zero-order valence-corrected chi connectivity index (χ0v) is 52.8. The van der Waals surface area contributed by atoms with Gasteiger partial charge in [0.25, 0.3) is 0 Å². The molecule has 0 heterocycles. The monoisotopic (exact) mass is 1170 g/mol. The number of unbranched alkanes of at least 4 members (excludes halogenated alkanes) is 21. The van der Waals surface area contributed by atoms with Gasteiger partial charge in [-0.1, -0.05) is 229 Å². The van der Waals surface area contributed by atoms with Crippen LogP contribution in [0.1, 0.15) is 280 Å². The maximum absolute atomic E-state index is 12.9. The molecule has 0 aliphatic heterocycles. The van der Waals surface area contributed by atoms with Crippen LogP contribution in [0, 0.1) is 23.7 Å². The first-order valence-electron chi connectivity index (χ1n) is 31.3. The summed E-state index contributed by atoms with van der Waals surface area (Å²) < 4.78 is 67.7. The van der Waals surface area contributed by atoms with Gasteiger partial charge in [0, 0.05) is 25.7 Å². The highest BCUT2D eigenvalue weighted by atomic mass is 31.2. The van der Waals surface area contributed by atoms with Crippen LogP contribution < -0.4 is 0 Å². The second-order valence-electron chi connectivity index (χ2n) is 23.2. The lowest BCUT2D eigenvalue weighted by molar-refractivity contribution is -0.161. The summed E-state index contributed by atoms with van der Waals surface area (Å²) in [6.45, 7) is 13.8. The van der Waals surface area contributed by atoms with Crippen LogP contribution in [0.4, 0.5) is 0 Å². The van der Waals surface area contributed by atoms with E-state index in [0.29, 0.717) is 37.5 Å². The fourth-order valence-corrected chi connectivity index (χ4v) is 10.2. The minimum absolute atomic E-state index is 0.101. The summed E-state index contributed by atoms with van der Waals surface area (Å²) in [4.78, 5) is 71.9. The Morgan fingerprint density at radius 3 is 0.899 bits per heavy atom. The maximum atomic E-state index is 12.9. The van der Waals surface area contributed by atoms with E-state index in [1.807, 2.05) is 0 Å². The summed E-state index contributed by atoms with van der Waals surface area (Å²) in [5.74, 6) is 0.673. The molecule has 0 aromatic carbocycles. The number of hydrogen-bond acceptors (Lipinski definition) is 15. The smallest absolute Gasteiger partial charge is 0.462 e. The van der Waals surface area contributed by atoms with Gasteiger partial charge in [-0.3, -0.25) is 37.3 Å². The van der Waals surface area contributed by atoms with Gasteiger partial charge in [0.05, 0.1) is 26.4 Å². The average Bonchev–Trinajstić information content (AvgIpc) is 3.40. The molecule has 3 N–H and O–H groups in total. The van der Waals surface area contributed by atoms with Crippen LogP contribution in [0.2, 0.25) is 0 Å². The summed E-state index contributed by atoms with van der Waals surface area (Å²) in [5, 5.41) is 10.5. The van der Waals surface area contributed by atoms with E-state index in [1.165, 1.54) is 70.6 Å². The number of carbonyl (C=O) groups is 4. The third-order valence-corrected chi connectivity index (χ3v) is 16.2. The van der Waals surface area contributed by atoms with Crippen LogP contribution in [-0.4, -0.2) is 96.7 Å². The van der Waals surface area contributed by atoms with E-state index in [0.717, 1.165) is 115 Å². The standard InChI is InChI=1S/C60H116O17P2/c1-9-52(7)38-30-22-15-18-26-34-42-59(64)76-55(46-70-57(62)40-32-24-13-11-12-20-28-36-50(3)4)48-74-78(66,67)72-44-54(61)45-73-79(68,69)75-49-56(47-71-58(63)41-33-25-17-14-21-29-37-51(5)6)77-60(65)43-35-27-19-16-23-31-39-53(8)10-2/h50-56,61H,9-49H2,1-8H3,(H,66,67)(H,68,69)/t52?,53?,54-,55-,56-/m1/s1. The summed E-state index contributed by atoms with van der Waals surface area (Å²) in [5.41, 5.74) is 0. The van der Waals surface area contributed by atoms with E-state index < -0.39 is 97.5 Å². The van der Waals surface area contributed by atoms with Crippen molar-refractivity contribution in [2.45, 2.75) is 298 Å². The van der Waals surface area contributed by atoms with Crippen LogP contribution in [0.15, 0.2) is 0 Å². The van der Waals surface area contributed by atoms with Gasteiger partial charge in [-0.25, -0.2) is 9.13 Å². The van der Waals surface area contributed by atoms with Crippen molar-refractivity contribution in [1.29, 1.82) is 0 Å². The molecule has 0 aromatic rings. The molecule has 468 valence electrons. The highest BCUT2D eigenvalue weighted by molar-refractivity contribution is 7.47. The van der Waals surface area contributed by atoms with Gasteiger partial charge in [-0.15, -0.1) is 0 Å². The lowest BCUT2D eigenvalue weighted by Gasteiger charge is -2.21. The fourth-order valence-electron chi connectivity index (χ4n) is 8.66. The molecule has 0 aliphatic rings. The Bertz CT molecular complexity index is 1600. The fraction of sp³-hybridized carbons (Fsp3) is 0.933. The predicted octanol–water partition coefficient (Wildman–Crippen LogP) is 15.8. The molecule has 4 unspecified atom stereocenters. The van der Waals surface area contributed by atoms with Crippen molar-refractivity contribution < 1.29 is 80.2 Å². The summed E-state index contributed by atoms with van der Waals surface area (Å²) >= 11 is 0. The third kappa shape index (κ3) is 52.6. The highest BCUT2D eigenvalue weighted by Crippen LogP contribution is 2.45. The molecule has 17 nitrogen and oxygen atoms in total. The molecule has 0 bridgehead atoms. The number of phosphoric ester groups is 2. The molecular formula is C60H116O17P2. The number of ether oxygens (including phenoxy) is 4. The van der Waals surface area contributed by atoms with Crippen molar-refractivity contribution in [1.82, 2.24) is 0 Å². The summed E-state index contributed by atoms with van der Waals surface area (Å²) in [7, 11) is -9.88. The Kier molecular flexibility index (Phi) is 49.3. The second kappa shape index (κ2) is 50.6. The molecule has 0 saturated carbocycles. The summed E-state index contributed by atoms with van der Waals surface area (Å²) in [6.07, 6.45) is 28.3. The van der Waals surface area contributed by atoms with Crippen LogP contribution >= 0.6 is 15.6 Å². The highest BCUT2D eigenvalue weighted by Gasteiger charge is 2.30. The minimum atomic E-state index is -4.94. The van der Waals surface area contributed by atoms with E-state index in [4.69, 9.17) is 37.0 Å². The zero-order chi connectivity index (χ0) is 59.0. The van der Waals surface area contributed by atoms with E-state index in [1.54, 1.807) is 0 Å². The Morgan fingerprint density at radius 2 is 0.608 bits per heavy atom. The molecule has 0 aromatic heterocycles. The Balaban J connectivity index is 5.26. The number of aliphatic hydroxyl groups excluding tert-OH is 1. The minimum Gasteiger partial charge on any atom is -0.462 e. The topological polar surface area (TPSA) is 237 Å². The van der Waals surface area contributed by atoms with Crippen LogP contribution in [0.25, 0.3) is 0 Å². The SMILES string of the molecule is CCC(C)CCCCCCCCC(=O)O[C@H](COC(=O)CCCCCCCCCC(C)C)COP(=O)(O)OC[C@@H](O)COP(=O)(O)OC[C@@H](COC(=O)CCCCCCCCC(C)C)OC(=O)CCCCCCCCC(C)CC. The van der Waals surface area contributed by atoms with Gasteiger partial charge < -0.3 is 33.8 Å². The third-order valence-electron chi connectivity index (χ3n) is 14.3. The first kappa shape index (κ1) is 77.1. The first-order valence-corrected chi connectivity index (χ1v) is 34.3. The number of phosphoric acid groups is 2. The Morgan fingerprint density at radius 1 is 0.354 bits per heavy atom. The molecule has 79 heavy (non-hydrogen) atoms. The molecule has 0 radical (unpaired) electrons. The van der Waals surface area contributed by atoms with Gasteiger partial charge in [0.15, 0.2) is 12.2 Å². The molecule has 0 spiro atoms. The molecule has 0 rings (SSSR count). The maximum Gasteiger partial charge on any atom is 0.472 e. The lowest BCUT2D eigenvalue weighted by Crippen LogP contribution is -2.30. The van der Waals surface area contributed by atoms with Crippen molar-refractivity contribution in [2.75, 3.05) is 39.6 Å². The van der Waals surface area contributed by atoms with Crippen molar-refractivity contribution >= 4 is 39.5 Å². The van der Waals surface area contributed by atoms with Crippen LogP contribution in [-0.2, 0) is 65.4 Å². The first-order chi connectivity index (χ1) is 37.7. The largest absolute Gasteiger partial charge is 0.472 e. The number of hydrogen-bond donors (Lipinski definition) is 3. The molecular weight excluding hydrogens is 1050 g/mol. The quantitative estimate of drug-likeness (QED) is 0.0222. The van der Waals surface area contributed by atoms with Gasteiger partial charge in [0.2, 0.25) is 0 Å². The normalized spacial score (nSPS) is 15.3. The zero-order valence-electron chi connectivity index (χ0n) is 51.0. The van der Waals surface area contributed by atoms with Crippen LogP contribution in [0.3, 0.4) is 0 Å². The molecule has 0 amide bonds. The van der Waals surface area contributed by atoms with Crippen LogP contribution in [0.5, 0.6) is 0 Å². The van der Waals surface area contributed by atoms with Gasteiger partial charge >= 0.3 is 39.5 Å². The van der Waals surface area contributed by atoms with Crippen molar-refractivity contribution in [3.63, 3.8) is 0 Å². The number of esters is 4. The lowest BCUT2D eigenvalue weighted by atomic mass is 10.00. The van der Waals surface area contributed by atoms with Crippen molar-refractivity contribution in [3.05, 3.63) is 0 Å². The average molecular weight is 1170 g/mol. The van der Waals surface area contributed by atoms with Crippen molar-refractivity contribution in [3.8, 4) is 0 Å². The predicted molar refractivity (Wildman–Crippen MR) is 312 cm³/mol. The molecule has 0 aliphatic carbocycles. The number of aliphatic hydroxyl groups is 1. The number of carbonyl (C=O) groups excluding carboxylic acids is 4. The molecule has 19 heteroatoms. The number of rotatable bonds is 57. The summed E-state index contributed by atoms with van der Waals surface area (Å²) in [6, 6.07) is 0. The second-order valence-corrected chi connectivity index (χ2v) is 26.1. The van der Waals surface area contributed by atoms with E-state index in [-0.39, 0.29) is 25.7 Å². The van der Waals surface area contributed by atoms with Gasteiger partial charge in [-0.2, -0.15) is 0 Å².